The second-order valence-electron chi connectivity index (χ2n) is 11.8. The van der Waals surface area contributed by atoms with Crippen LogP contribution in [0.4, 0.5) is 0 Å². The summed E-state index contributed by atoms with van der Waals surface area (Å²) >= 11 is 0. The average molecular weight is 648 g/mol. The molecule has 3 aromatic heterocycles. The van der Waals surface area contributed by atoms with Gasteiger partial charge in [-0.1, -0.05) is 121 Å². The lowest BCUT2D eigenvalue weighted by Crippen LogP contribution is -2.01. The first-order valence-corrected chi connectivity index (χ1v) is 16.1. The van der Waals surface area contributed by atoms with Crippen LogP contribution in [0.3, 0.4) is 0 Å². The van der Waals surface area contributed by atoms with Gasteiger partial charge in [-0.2, -0.15) is 0 Å². The lowest BCUT2D eigenvalue weighted by molar-refractivity contribution is 0.623. The van der Waals surface area contributed by atoms with Crippen LogP contribution in [0.25, 0.3) is 101 Å². The topological polar surface area (TPSA) is 77.8 Å². The highest BCUT2D eigenvalue weighted by atomic mass is 16.3. The van der Waals surface area contributed by atoms with Crippen LogP contribution in [0, 0.1) is 0 Å². The van der Waals surface area contributed by atoms with Gasteiger partial charge in [0, 0.05) is 38.4 Å². The Morgan fingerprint density at radius 1 is 0.460 bits per heavy atom. The molecule has 0 radical (unpaired) electrons. The van der Waals surface area contributed by atoms with Crippen molar-refractivity contribution in [3.05, 3.63) is 158 Å². The number of rotatable bonds is 5. The van der Waals surface area contributed by atoms with E-state index in [1.165, 1.54) is 0 Å². The van der Waals surface area contributed by atoms with Crippen molar-refractivity contribution in [1.29, 1.82) is 0 Å². The zero-order valence-electron chi connectivity index (χ0n) is 31.2. The molecule has 50 heavy (non-hydrogen) atoms. The largest absolute Gasteiger partial charge is 0.456 e. The summed E-state index contributed by atoms with van der Waals surface area (Å²) in [6.07, 6.45) is 0. The van der Waals surface area contributed by atoms with Gasteiger partial charge < -0.3 is 8.83 Å². The van der Waals surface area contributed by atoms with Crippen molar-refractivity contribution in [3.63, 3.8) is 0 Å². The Labute approximate surface area is 293 Å². The van der Waals surface area contributed by atoms with Gasteiger partial charge in [-0.25, -0.2) is 19.9 Å². The van der Waals surface area contributed by atoms with Crippen LogP contribution in [-0.4, -0.2) is 19.9 Å². The Kier molecular flexibility index (Phi) is 5.32. The van der Waals surface area contributed by atoms with E-state index in [0.717, 1.165) is 21.9 Å². The highest BCUT2D eigenvalue weighted by Gasteiger charge is 2.22. The number of aromatic nitrogens is 4. The summed E-state index contributed by atoms with van der Waals surface area (Å²) in [4.78, 5) is 19.9. The predicted octanol–water partition coefficient (Wildman–Crippen LogP) is 11.4. The van der Waals surface area contributed by atoms with Gasteiger partial charge in [0.05, 0.1) is 6.85 Å². The minimum atomic E-state index is -0.386. The molecule has 6 nitrogen and oxygen atoms in total. The maximum atomic E-state index is 9.27. The molecule has 0 atom stereocenters. The van der Waals surface area contributed by atoms with Gasteiger partial charge >= 0.3 is 0 Å². The lowest BCUT2D eigenvalue weighted by Gasteiger charge is -2.10. The lowest BCUT2D eigenvalue weighted by atomic mass is 10.0. The van der Waals surface area contributed by atoms with Crippen LogP contribution >= 0.6 is 0 Å². The zero-order valence-corrected chi connectivity index (χ0v) is 26.2. The van der Waals surface area contributed by atoms with Crippen LogP contribution in [0.5, 0.6) is 0 Å². The highest BCUT2D eigenvalue weighted by Crippen LogP contribution is 2.40. The van der Waals surface area contributed by atoms with Crippen LogP contribution in [-0.2, 0) is 0 Å². The first kappa shape index (κ1) is 23.4. The molecule has 0 N–H and O–H groups in total. The Hall–Kier alpha value is -6.92. The first-order chi connectivity index (χ1) is 26.9. The van der Waals surface area contributed by atoms with E-state index >= 15 is 0 Å². The van der Waals surface area contributed by atoms with Crippen molar-refractivity contribution < 1.29 is 15.7 Å². The Bertz CT molecular complexity index is 3150. The molecule has 3 heterocycles. The minimum Gasteiger partial charge on any atom is -0.456 e. The van der Waals surface area contributed by atoms with Gasteiger partial charge in [0.1, 0.15) is 16.7 Å². The summed E-state index contributed by atoms with van der Waals surface area (Å²) in [6, 6.07) is 38.6. The average Bonchev–Trinajstić information content (AvgIpc) is 3.85. The molecule has 0 aliphatic carbocycles. The molecule has 0 unspecified atom stereocenters. The normalized spacial score (nSPS) is 13.0. The molecule has 0 aliphatic rings. The minimum absolute atomic E-state index is 0.00411. The molecule has 7 aromatic carbocycles. The van der Waals surface area contributed by atoms with E-state index < -0.39 is 0 Å². The quantitative estimate of drug-likeness (QED) is 0.185. The smallest absolute Gasteiger partial charge is 0.227 e. The maximum absolute atomic E-state index is 9.27. The van der Waals surface area contributed by atoms with E-state index in [2.05, 4.69) is 0 Å². The van der Waals surface area contributed by atoms with Crippen molar-refractivity contribution in [2.75, 3.05) is 0 Å². The Morgan fingerprint density at radius 2 is 1.12 bits per heavy atom. The third kappa shape index (κ3) is 4.65. The summed E-state index contributed by atoms with van der Waals surface area (Å²) in [7, 11) is 0. The molecule has 0 aliphatic heterocycles. The molecule has 234 valence electrons. The molecule has 10 rings (SSSR count). The van der Waals surface area contributed by atoms with E-state index in [9.17, 15) is 2.74 Å². The van der Waals surface area contributed by atoms with Crippen LogP contribution < -0.4 is 0 Å². The van der Waals surface area contributed by atoms with Crippen molar-refractivity contribution in [1.82, 2.24) is 19.9 Å². The summed E-state index contributed by atoms with van der Waals surface area (Å²) in [5.41, 5.74) is 4.70. The second-order valence-corrected chi connectivity index (χ2v) is 11.8. The van der Waals surface area contributed by atoms with Crippen molar-refractivity contribution in [2.45, 2.75) is 0 Å². The fourth-order valence-electron chi connectivity index (χ4n) is 6.39. The number of nitrogens with zero attached hydrogens (tertiary/aromatic N) is 4. The Morgan fingerprint density at radius 3 is 1.90 bits per heavy atom. The van der Waals surface area contributed by atoms with Crippen LogP contribution in [0.15, 0.2) is 166 Å². The molecule has 0 bridgehead atoms. The molecule has 10 aromatic rings. The number of fused-ring (bicyclic) bond motifs is 6. The predicted molar refractivity (Wildman–Crippen MR) is 199 cm³/mol. The SMILES string of the molecule is [2H]c1c([2H])c(-c2nc(-c3ccccc3)nc(-c3cc4ccccc4c4oc(-c5ccccc5)nc34)n2)c2c(oc3cc(-c4ccccc4)c([2H])c([2H])c32)c1[2H]. The third-order valence-corrected chi connectivity index (χ3v) is 8.77. The van der Waals surface area contributed by atoms with E-state index in [1.54, 1.807) is 6.07 Å². The van der Waals surface area contributed by atoms with E-state index in [-0.39, 0.29) is 69.4 Å². The fraction of sp³-hybridized carbons (Fsp3) is 0. The van der Waals surface area contributed by atoms with E-state index in [4.69, 9.17) is 32.9 Å². The number of hydrogen-bond donors (Lipinski definition) is 0. The molecule has 0 saturated carbocycles. The zero-order chi connectivity index (χ0) is 37.4. The van der Waals surface area contributed by atoms with E-state index in [0.29, 0.717) is 39.5 Å². The fourth-order valence-corrected chi connectivity index (χ4v) is 6.39. The second kappa shape index (κ2) is 11.4. The third-order valence-electron chi connectivity index (χ3n) is 8.77. The van der Waals surface area contributed by atoms with Gasteiger partial charge in [-0.3, -0.25) is 0 Å². The molecule has 0 saturated heterocycles. The van der Waals surface area contributed by atoms with Crippen LogP contribution in [0.1, 0.15) is 6.85 Å². The first-order valence-electron chi connectivity index (χ1n) is 18.6. The summed E-state index contributed by atoms with van der Waals surface area (Å²) in [5.74, 6) is 1.02. The highest BCUT2D eigenvalue weighted by molar-refractivity contribution is 6.13. The Balaban J connectivity index is 1.30. The van der Waals surface area contributed by atoms with Gasteiger partial charge in [0.25, 0.3) is 0 Å². The van der Waals surface area contributed by atoms with Gasteiger partial charge in [0.2, 0.25) is 5.89 Å². The molecular formula is C44H26N4O2. The van der Waals surface area contributed by atoms with Crippen LogP contribution in [0.2, 0.25) is 0 Å². The van der Waals surface area contributed by atoms with Crippen molar-refractivity contribution >= 4 is 43.8 Å². The molecule has 0 amide bonds. The maximum Gasteiger partial charge on any atom is 0.227 e. The number of oxazole rings is 1. The van der Waals surface area contributed by atoms with Gasteiger partial charge in [0.15, 0.2) is 23.1 Å². The standard InChI is InChI=1S/C44H26N4O2/c1-4-13-27(14-5-1)30-23-24-33-37(26-30)49-36-22-12-21-34(38(33)36)42-46-41(28-15-6-2-7-16-28)47-43(48-42)35-25-31-19-10-11-20-32(31)40-39(35)45-44(50-40)29-17-8-3-9-18-29/h1-26H/i12D,21D,22D,23D,24D. The number of benzene rings is 7. The molecular weight excluding hydrogens is 617 g/mol. The molecule has 6 heteroatoms. The summed E-state index contributed by atoms with van der Waals surface area (Å²) < 4.78 is 58.0. The molecule has 0 spiro atoms. The van der Waals surface area contributed by atoms with Gasteiger partial charge in [-0.15, -0.1) is 0 Å². The van der Waals surface area contributed by atoms with E-state index in [1.807, 2.05) is 121 Å². The summed E-state index contributed by atoms with van der Waals surface area (Å²) in [5, 5.41) is 2.18. The summed E-state index contributed by atoms with van der Waals surface area (Å²) in [6.45, 7) is 0. The van der Waals surface area contributed by atoms with Crippen molar-refractivity contribution in [2.24, 2.45) is 0 Å². The monoisotopic (exact) mass is 647 g/mol. The molecule has 0 fully saturated rings. The van der Waals surface area contributed by atoms with Gasteiger partial charge in [-0.05, 0) is 52.9 Å². The number of hydrogen-bond acceptors (Lipinski definition) is 6. The van der Waals surface area contributed by atoms with Crippen molar-refractivity contribution in [3.8, 4) is 56.7 Å². The number of furan rings is 1.